The summed E-state index contributed by atoms with van der Waals surface area (Å²) in [7, 11) is 1.49. The van der Waals surface area contributed by atoms with Crippen molar-refractivity contribution in [1.82, 2.24) is 4.98 Å². The van der Waals surface area contributed by atoms with Gasteiger partial charge in [0, 0.05) is 6.20 Å². The first-order chi connectivity index (χ1) is 10.6. The number of carbonyl (C=O) groups excluding carboxylic acids is 1. The van der Waals surface area contributed by atoms with Crippen molar-refractivity contribution in [2.75, 3.05) is 20.4 Å². The molecular weight excluding hydrogens is 289 g/mol. The minimum atomic E-state index is -0.668. The highest BCUT2D eigenvalue weighted by atomic mass is 19.1. The molecule has 0 fully saturated rings. The molecule has 0 spiro atoms. The lowest BCUT2D eigenvalue weighted by molar-refractivity contribution is 0.0524. The summed E-state index contributed by atoms with van der Waals surface area (Å²) in [6.45, 7) is 1.43. The van der Waals surface area contributed by atoms with Crippen LogP contribution in [0.25, 0.3) is 10.9 Å². The van der Waals surface area contributed by atoms with Gasteiger partial charge < -0.3 is 14.5 Å². The van der Waals surface area contributed by atoms with Crippen molar-refractivity contribution in [2.24, 2.45) is 0 Å². The summed E-state index contributed by atoms with van der Waals surface area (Å²) in [5.74, 6) is -0.183. The molecular formula is C16H18FNO4. The smallest absolute Gasteiger partial charge is 0.343 e. The summed E-state index contributed by atoms with van der Waals surface area (Å²) in [5.41, 5.74) is 0.810. The summed E-state index contributed by atoms with van der Waals surface area (Å²) in [6, 6.07) is 3.42. The first-order valence-electron chi connectivity index (χ1n) is 7.07. The Morgan fingerprint density at radius 1 is 1.36 bits per heavy atom. The van der Waals surface area contributed by atoms with Gasteiger partial charge in [-0.15, -0.1) is 0 Å². The second kappa shape index (κ2) is 7.06. The Bertz CT molecular complexity index is 739. The molecule has 5 nitrogen and oxygen atoms in total. The summed E-state index contributed by atoms with van der Waals surface area (Å²) in [6.07, 6.45) is 2.18. The first-order valence-corrected chi connectivity index (χ1v) is 7.07. The zero-order valence-electron chi connectivity index (χ0n) is 12.6. The minimum absolute atomic E-state index is 0.0564. The lowest BCUT2D eigenvalue weighted by atomic mass is 10.0. The number of aromatic nitrogens is 1. The Balaban J connectivity index is 2.60. The number of esters is 1. The van der Waals surface area contributed by atoms with Crippen molar-refractivity contribution in [2.45, 2.75) is 19.8 Å². The van der Waals surface area contributed by atoms with Gasteiger partial charge in [-0.3, -0.25) is 9.18 Å². The molecule has 0 radical (unpaired) electrons. The van der Waals surface area contributed by atoms with Crippen LogP contribution in [0.5, 0.6) is 5.75 Å². The van der Waals surface area contributed by atoms with Crippen molar-refractivity contribution in [3.05, 3.63) is 39.7 Å². The Kier molecular flexibility index (Phi) is 5.14. The first kappa shape index (κ1) is 16.0. The summed E-state index contributed by atoms with van der Waals surface area (Å²) in [4.78, 5) is 27.2. The average Bonchev–Trinajstić information content (AvgIpc) is 2.53. The van der Waals surface area contributed by atoms with E-state index in [1.165, 1.54) is 13.3 Å². The zero-order valence-corrected chi connectivity index (χ0v) is 12.6. The van der Waals surface area contributed by atoms with Crippen molar-refractivity contribution in [3.63, 3.8) is 0 Å². The van der Waals surface area contributed by atoms with Gasteiger partial charge in [-0.25, -0.2) is 4.79 Å². The largest absolute Gasteiger partial charge is 0.495 e. The van der Waals surface area contributed by atoms with Crippen molar-refractivity contribution < 1.29 is 18.7 Å². The molecule has 1 heterocycles. The number of benzene rings is 1. The van der Waals surface area contributed by atoms with Gasteiger partial charge >= 0.3 is 5.97 Å². The molecule has 118 valence electrons. The third kappa shape index (κ3) is 3.10. The molecule has 1 aromatic carbocycles. The van der Waals surface area contributed by atoms with Crippen LogP contribution in [0.4, 0.5) is 4.39 Å². The SMILES string of the molecule is CCOC(=O)c1c[nH]c2c(OC)cc(CCCF)cc2c1=O. The van der Waals surface area contributed by atoms with Gasteiger partial charge in [0.2, 0.25) is 5.43 Å². The lowest BCUT2D eigenvalue weighted by Crippen LogP contribution is -2.18. The van der Waals surface area contributed by atoms with E-state index >= 15 is 0 Å². The predicted octanol–water partition coefficient (Wildman–Crippen LogP) is 2.62. The molecule has 0 aliphatic heterocycles. The number of hydrogen-bond acceptors (Lipinski definition) is 4. The monoisotopic (exact) mass is 307 g/mol. The number of methoxy groups -OCH3 is 1. The van der Waals surface area contributed by atoms with E-state index < -0.39 is 18.1 Å². The second-order valence-corrected chi connectivity index (χ2v) is 4.77. The highest BCUT2D eigenvalue weighted by Gasteiger charge is 2.16. The number of aryl methyl sites for hydroxylation is 1. The third-order valence-electron chi connectivity index (χ3n) is 3.33. The van der Waals surface area contributed by atoms with Crippen LogP contribution in [0.2, 0.25) is 0 Å². The van der Waals surface area contributed by atoms with E-state index in [0.717, 1.165) is 5.56 Å². The number of pyridine rings is 1. The normalized spacial score (nSPS) is 10.7. The fraction of sp³-hybridized carbons (Fsp3) is 0.375. The molecule has 0 saturated heterocycles. The Labute approximate surface area is 127 Å². The number of alkyl halides is 1. The van der Waals surface area contributed by atoms with Crippen molar-refractivity contribution >= 4 is 16.9 Å². The molecule has 2 rings (SSSR count). The van der Waals surface area contributed by atoms with E-state index in [0.29, 0.717) is 29.5 Å². The molecule has 0 atom stereocenters. The number of aromatic amines is 1. The van der Waals surface area contributed by atoms with E-state index in [1.54, 1.807) is 19.1 Å². The number of nitrogens with one attached hydrogen (secondary N) is 1. The van der Waals surface area contributed by atoms with Gasteiger partial charge in [0.15, 0.2) is 0 Å². The molecule has 6 heteroatoms. The number of fused-ring (bicyclic) bond motifs is 1. The van der Waals surface area contributed by atoms with Crippen LogP contribution in [0, 0.1) is 0 Å². The van der Waals surface area contributed by atoms with Crippen LogP contribution in [0.3, 0.4) is 0 Å². The number of hydrogen-bond donors (Lipinski definition) is 1. The van der Waals surface area contributed by atoms with Crippen LogP contribution in [0.15, 0.2) is 23.1 Å². The highest BCUT2D eigenvalue weighted by molar-refractivity contribution is 5.95. The second-order valence-electron chi connectivity index (χ2n) is 4.77. The number of rotatable bonds is 6. The molecule has 0 amide bonds. The molecule has 0 aliphatic rings. The van der Waals surface area contributed by atoms with Gasteiger partial charge in [-0.1, -0.05) is 0 Å². The molecule has 0 aliphatic carbocycles. The predicted molar refractivity (Wildman–Crippen MR) is 81.4 cm³/mol. The maximum absolute atomic E-state index is 12.5. The van der Waals surface area contributed by atoms with Crippen LogP contribution in [-0.2, 0) is 11.2 Å². The van der Waals surface area contributed by atoms with Crippen LogP contribution < -0.4 is 10.2 Å². The molecule has 2 aromatic rings. The number of ether oxygens (including phenoxy) is 2. The average molecular weight is 307 g/mol. The lowest BCUT2D eigenvalue weighted by Gasteiger charge is -2.10. The van der Waals surface area contributed by atoms with E-state index in [2.05, 4.69) is 4.98 Å². The topological polar surface area (TPSA) is 68.4 Å². The van der Waals surface area contributed by atoms with E-state index in [-0.39, 0.29) is 12.2 Å². The standard InChI is InChI=1S/C16H18FNO4/c1-3-22-16(20)12-9-18-14-11(15(12)19)7-10(5-4-6-17)8-13(14)21-2/h7-9H,3-6H2,1-2H3,(H,18,19). The third-order valence-corrected chi connectivity index (χ3v) is 3.33. The van der Waals surface area contributed by atoms with Crippen LogP contribution >= 0.6 is 0 Å². The maximum Gasteiger partial charge on any atom is 0.343 e. The Morgan fingerprint density at radius 3 is 2.77 bits per heavy atom. The van der Waals surface area contributed by atoms with Crippen molar-refractivity contribution in [1.29, 1.82) is 0 Å². The Hall–Kier alpha value is -2.37. The molecule has 0 unspecified atom stereocenters. The Morgan fingerprint density at radius 2 is 2.14 bits per heavy atom. The molecule has 0 saturated carbocycles. The van der Waals surface area contributed by atoms with Gasteiger partial charge in [-0.05, 0) is 37.5 Å². The van der Waals surface area contributed by atoms with Gasteiger partial charge in [0.05, 0.1) is 31.3 Å². The molecule has 0 bridgehead atoms. The summed E-state index contributed by atoms with van der Waals surface area (Å²) in [5, 5.41) is 0.332. The fourth-order valence-corrected chi connectivity index (χ4v) is 2.29. The summed E-state index contributed by atoms with van der Waals surface area (Å²) >= 11 is 0. The van der Waals surface area contributed by atoms with Crippen molar-refractivity contribution in [3.8, 4) is 5.75 Å². The zero-order chi connectivity index (χ0) is 16.1. The number of carbonyl (C=O) groups is 1. The van der Waals surface area contributed by atoms with E-state index in [4.69, 9.17) is 9.47 Å². The minimum Gasteiger partial charge on any atom is -0.495 e. The van der Waals surface area contributed by atoms with Crippen LogP contribution in [-0.4, -0.2) is 31.3 Å². The molecule has 1 aromatic heterocycles. The van der Waals surface area contributed by atoms with Crippen LogP contribution in [0.1, 0.15) is 29.3 Å². The van der Waals surface area contributed by atoms with Gasteiger partial charge in [-0.2, -0.15) is 0 Å². The fourth-order valence-electron chi connectivity index (χ4n) is 2.29. The summed E-state index contributed by atoms with van der Waals surface area (Å²) < 4.78 is 22.5. The van der Waals surface area contributed by atoms with E-state index in [9.17, 15) is 14.0 Å². The quantitative estimate of drug-likeness (QED) is 0.833. The molecule has 1 N–H and O–H groups in total. The highest BCUT2D eigenvalue weighted by Crippen LogP contribution is 2.25. The van der Waals surface area contributed by atoms with Gasteiger partial charge in [0.25, 0.3) is 0 Å². The molecule has 22 heavy (non-hydrogen) atoms. The maximum atomic E-state index is 12.5. The van der Waals surface area contributed by atoms with E-state index in [1.807, 2.05) is 0 Å². The number of halogens is 1. The van der Waals surface area contributed by atoms with Gasteiger partial charge in [0.1, 0.15) is 11.3 Å². The number of H-pyrrole nitrogens is 1.